The van der Waals surface area contributed by atoms with Crippen molar-refractivity contribution in [2.75, 3.05) is 13.2 Å². The van der Waals surface area contributed by atoms with Crippen LogP contribution >= 0.6 is 0 Å². The van der Waals surface area contributed by atoms with Crippen LogP contribution < -0.4 is 5.73 Å². The zero-order valence-electron chi connectivity index (χ0n) is 7.79. The Morgan fingerprint density at radius 2 is 1.92 bits per heavy atom. The summed E-state index contributed by atoms with van der Waals surface area (Å²) in [4.78, 5) is 11.1. The molecule has 0 rings (SSSR count). The lowest BCUT2D eigenvalue weighted by Crippen LogP contribution is -2.16. The highest BCUT2D eigenvalue weighted by Crippen LogP contribution is 2.00. The van der Waals surface area contributed by atoms with E-state index in [0.717, 1.165) is 6.21 Å². The van der Waals surface area contributed by atoms with Gasteiger partial charge in [-0.2, -0.15) is 0 Å². The third-order valence-corrected chi connectivity index (χ3v) is 1.20. The van der Waals surface area contributed by atoms with Crippen molar-refractivity contribution in [1.29, 1.82) is 5.41 Å². The van der Waals surface area contributed by atoms with Gasteiger partial charge in [-0.25, -0.2) is 4.79 Å². The molecule has 0 fully saturated rings. The van der Waals surface area contributed by atoms with Crippen LogP contribution in [0.1, 0.15) is 13.8 Å². The Kier molecular flexibility index (Phi) is 5.34. The van der Waals surface area contributed by atoms with Crippen molar-refractivity contribution in [3.63, 3.8) is 0 Å². The van der Waals surface area contributed by atoms with Crippen molar-refractivity contribution in [3.05, 3.63) is 11.5 Å². The first-order chi connectivity index (χ1) is 6.17. The molecule has 0 aromatic heterocycles. The van der Waals surface area contributed by atoms with Crippen LogP contribution in [0.2, 0.25) is 0 Å². The third kappa shape index (κ3) is 3.59. The third-order valence-electron chi connectivity index (χ3n) is 1.20. The van der Waals surface area contributed by atoms with Crippen molar-refractivity contribution in [1.82, 2.24) is 0 Å². The molecule has 0 unspecified atom stereocenters. The number of carbonyl (C=O) groups excluding carboxylic acids is 1. The quantitative estimate of drug-likeness (QED) is 0.282. The Morgan fingerprint density at radius 3 is 2.31 bits per heavy atom. The minimum atomic E-state index is -0.636. The van der Waals surface area contributed by atoms with Crippen molar-refractivity contribution < 1.29 is 14.3 Å². The molecule has 5 nitrogen and oxygen atoms in total. The summed E-state index contributed by atoms with van der Waals surface area (Å²) >= 11 is 0. The van der Waals surface area contributed by atoms with E-state index in [2.05, 4.69) is 4.74 Å². The van der Waals surface area contributed by atoms with E-state index in [4.69, 9.17) is 15.9 Å². The van der Waals surface area contributed by atoms with Gasteiger partial charge in [0.1, 0.15) is 5.57 Å². The van der Waals surface area contributed by atoms with Crippen LogP contribution in [0.3, 0.4) is 0 Å². The number of ether oxygens (including phenoxy) is 2. The molecule has 0 atom stereocenters. The molecule has 0 aliphatic carbocycles. The Bertz CT molecular complexity index is 223. The number of nitrogens with two attached hydrogens (primary N) is 1. The van der Waals surface area contributed by atoms with E-state index >= 15 is 0 Å². The lowest BCUT2D eigenvalue weighted by molar-refractivity contribution is -0.138. The van der Waals surface area contributed by atoms with Gasteiger partial charge in [0.05, 0.1) is 13.2 Å². The Labute approximate surface area is 77.0 Å². The average Bonchev–Trinajstić information content (AvgIpc) is 2.06. The van der Waals surface area contributed by atoms with Crippen LogP contribution in [-0.2, 0) is 14.3 Å². The highest BCUT2D eigenvalue weighted by molar-refractivity contribution is 6.08. The first kappa shape index (κ1) is 11.5. The van der Waals surface area contributed by atoms with E-state index in [0.29, 0.717) is 6.61 Å². The second-order valence-electron chi connectivity index (χ2n) is 2.08. The van der Waals surface area contributed by atoms with Crippen LogP contribution in [0.25, 0.3) is 0 Å². The minimum absolute atomic E-state index is 0.0521. The van der Waals surface area contributed by atoms with Crippen LogP contribution in [0.5, 0.6) is 0 Å². The van der Waals surface area contributed by atoms with E-state index < -0.39 is 5.97 Å². The number of hydrogen-bond donors (Lipinski definition) is 2. The van der Waals surface area contributed by atoms with Crippen LogP contribution in [0.15, 0.2) is 11.5 Å². The fourth-order valence-corrected chi connectivity index (χ4v) is 0.673. The predicted molar refractivity (Wildman–Crippen MR) is 48.3 cm³/mol. The Balaban J connectivity index is 4.55. The molecule has 0 aliphatic heterocycles. The monoisotopic (exact) mass is 186 g/mol. The van der Waals surface area contributed by atoms with Crippen LogP contribution in [0, 0.1) is 5.41 Å². The van der Waals surface area contributed by atoms with Gasteiger partial charge < -0.3 is 20.6 Å². The summed E-state index contributed by atoms with van der Waals surface area (Å²) in [5, 5.41) is 6.93. The smallest absolute Gasteiger partial charge is 0.345 e. The molecule has 74 valence electrons. The zero-order valence-corrected chi connectivity index (χ0v) is 7.79. The normalized spacial score (nSPS) is 11.5. The minimum Gasteiger partial charge on any atom is -0.479 e. The molecule has 0 saturated heterocycles. The fraction of sp³-hybridized carbons (Fsp3) is 0.500. The summed E-state index contributed by atoms with van der Waals surface area (Å²) in [5.41, 5.74) is 5.32. The molecule has 3 N–H and O–H groups in total. The Hall–Kier alpha value is -1.52. The molecule has 13 heavy (non-hydrogen) atoms. The van der Waals surface area contributed by atoms with Crippen molar-refractivity contribution in [2.24, 2.45) is 5.73 Å². The number of rotatable bonds is 5. The molecular weight excluding hydrogens is 172 g/mol. The second-order valence-corrected chi connectivity index (χ2v) is 2.08. The summed E-state index contributed by atoms with van der Waals surface area (Å²) in [6.45, 7) is 4.01. The van der Waals surface area contributed by atoms with E-state index in [1.165, 1.54) is 0 Å². The van der Waals surface area contributed by atoms with Gasteiger partial charge in [0.2, 0.25) is 5.88 Å². The van der Waals surface area contributed by atoms with Gasteiger partial charge >= 0.3 is 5.97 Å². The molecule has 0 saturated carbocycles. The molecule has 0 aliphatic rings. The predicted octanol–water partition coefficient (Wildman–Crippen LogP) is 0.406. The van der Waals surface area contributed by atoms with Gasteiger partial charge in [-0.15, -0.1) is 0 Å². The highest BCUT2D eigenvalue weighted by atomic mass is 16.5. The standard InChI is InChI=1S/C8H14N2O3/c1-3-12-7(10)6(5-9)8(11)13-4-2/h5,9H,3-4,10H2,1-2H3. The van der Waals surface area contributed by atoms with Gasteiger partial charge in [0, 0.05) is 6.21 Å². The molecule has 0 spiro atoms. The number of nitrogens with one attached hydrogen (secondary N) is 1. The zero-order chi connectivity index (χ0) is 10.3. The SMILES string of the molecule is CCOC(=O)C(C=N)=C(N)OCC. The lowest BCUT2D eigenvalue weighted by Gasteiger charge is -2.06. The molecule has 0 radical (unpaired) electrons. The molecule has 0 bridgehead atoms. The maximum atomic E-state index is 11.1. The van der Waals surface area contributed by atoms with E-state index in [1.807, 2.05) is 0 Å². The van der Waals surface area contributed by atoms with Crippen molar-refractivity contribution >= 4 is 12.2 Å². The number of esters is 1. The van der Waals surface area contributed by atoms with Crippen LogP contribution in [0.4, 0.5) is 0 Å². The number of carbonyl (C=O) groups is 1. The maximum Gasteiger partial charge on any atom is 0.345 e. The average molecular weight is 186 g/mol. The van der Waals surface area contributed by atoms with Crippen molar-refractivity contribution in [3.8, 4) is 0 Å². The second kappa shape index (κ2) is 6.05. The summed E-state index contributed by atoms with van der Waals surface area (Å²) in [6.07, 6.45) is 0.822. The summed E-state index contributed by atoms with van der Waals surface area (Å²) < 4.78 is 9.52. The maximum absolute atomic E-state index is 11.1. The molecule has 5 heteroatoms. The Morgan fingerprint density at radius 1 is 1.38 bits per heavy atom. The number of hydrogen-bond acceptors (Lipinski definition) is 5. The fourth-order valence-electron chi connectivity index (χ4n) is 0.673. The van der Waals surface area contributed by atoms with Crippen LogP contribution in [-0.4, -0.2) is 25.4 Å². The van der Waals surface area contributed by atoms with E-state index in [1.54, 1.807) is 13.8 Å². The molecule has 0 aromatic rings. The van der Waals surface area contributed by atoms with E-state index in [9.17, 15) is 4.79 Å². The molecular formula is C8H14N2O3. The summed E-state index contributed by atoms with van der Waals surface area (Å²) in [6, 6.07) is 0. The summed E-state index contributed by atoms with van der Waals surface area (Å²) in [5.74, 6) is -0.709. The molecule has 0 aromatic carbocycles. The lowest BCUT2D eigenvalue weighted by atomic mass is 10.3. The van der Waals surface area contributed by atoms with E-state index in [-0.39, 0.29) is 18.1 Å². The van der Waals surface area contributed by atoms with Crippen molar-refractivity contribution in [2.45, 2.75) is 13.8 Å². The first-order valence-electron chi connectivity index (χ1n) is 3.97. The molecule has 0 amide bonds. The van der Waals surface area contributed by atoms with Gasteiger partial charge in [0.25, 0.3) is 0 Å². The topological polar surface area (TPSA) is 85.4 Å². The summed E-state index contributed by atoms with van der Waals surface area (Å²) in [7, 11) is 0. The largest absolute Gasteiger partial charge is 0.479 e. The van der Waals surface area contributed by atoms with Gasteiger partial charge in [0.15, 0.2) is 0 Å². The first-order valence-corrected chi connectivity index (χ1v) is 3.97. The van der Waals surface area contributed by atoms with Gasteiger partial charge in [-0.3, -0.25) is 0 Å². The van der Waals surface area contributed by atoms with Gasteiger partial charge in [-0.1, -0.05) is 0 Å². The van der Waals surface area contributed by atoms with Gasteiger partial charge in [-0.05, 0) is 13.8 Å². The molecule has 0 heterocycles. The highest BCUT2D eigenvalue weighted by Gasteiger charge is 2.13.